The Kier molecular flexibility index (Phi) is 7.55. The Morgan fingerprint density at radius 1 is 1.15 bits per heavy atom. The van der Waals surface area contributed by atoms with Crippen LogP contribution >= 0.6 is 0 Å². The topological polar surface area (TPSA) is 109 Å². The molecule has 0 saturated carbocycles. The number of anilines is 1. The van der Waals surface area contributed by atoms with Gasteiger partial charge in [-0.15, -0.1) is 0 Å². The molecule has 3 aromatic rings. The van der Waals surface area contributed by atoms with E-state index in [2.05, 4.69) is 24.1 Å². The van der Waals surface area contributed by atoms with E-state index in [1.807, 2.05) is 12.1 Å². The van der Waals surface area contributed by atoms with Crippen LogP contribution < -0.4 is 15.1 Å². The maximum Gasteiger partial charge on any atom is 0.264 e. The highest BCUT2D eigenvalue weighted by Gasteiger charge is 2.23. The molecule has 176 valence electrons. The van der Waals surface area contributed by atoms with Gasteiger partial charge in [0, 0.05) is 44.4 Å². The van der Waals surface area contributed by atoms with Crippen molar-refractivity contribution in [1.29, 1.82) is 0 Å². The van der Waals surface area contributed by atoms with Crippen molar-refractivity contribution < 1.29 is 17.9 Å². The molecular formula is C24H29N3O5S. The van der Waals surface area contributed by atoms with Crippen LogP contribution in [0.4, 0.5) is 5.69 Å². The zero-order valence-electron chi connectivity index (χ0n) is 19.2. The van der Waals surface area contributed by atoms with E-state index < -0.39 is 21.4 Å². The summed E-state index contributed by atoms with van der Waals surface area (Å²) in [6.45, 7) is 4.98. The minimum Gasteiger partial charge on any atom is -0.385 e. The summed E-state index contributed by atoms with van der Waals surface area (Å²) in [6, 6.07) is 11.6. The lowest BCUT2D eigenvalue weighted by atomic mass is 10.0. The molecule has 33 heavy (non-hydrogen) atoms. The molecule has 1 aromatic heterocycles. The quantitative estimate of drug-likeness (QED) is 0.466. The van der Waals surface area contributed by atoms with Crippen molar-refractivity contribution in [3.8, 4) is 0 Å². The van der Waals surface area contributed by atoms with Crippen LogP contribution in [0.5, 0.6) is 0 Å². The zero-order valence-corrected chi connectivity index (χ0v) is 20.0. The molecule has 1 heterocycles. The number of benzene rings is 2. The summed E-state index contributed by atoms with van der Waals surface area (Å²) >= 11 is 0. The number of nitrogens with zero attached hydrogens (tertiary/aromatic N) is 1. The Balaban J connectivity index is 1.93. The van der Waals surface area contributed by atoms with Crippen molar-refractivity contribution in [2.75, 3.05) is 31.6 Å². The van der Waals surface area contributed by atoms with Crippen molar-refractivity contribution in [2.24, 2.45) is 0 Å². The average Bonchev–Trinajstić information content (AvgIpc) is 2.81. The molecule has 2 N–H and O–H groups in total. The van der Waals surface area contributed by atoms with Gasteiger partial charge in [-0.3, -0.25) is 13.9 Å². The minimum atomic E-state index is -3.92. The fourth-order valence-corrected chi connectivity index (χ4v) is 4.63. The number of hydrogen-bond donors (Lipinski definition) is 2. The number of amides is 1. The summed E-state index contributed by atoms with van der Waals surface area (Å²) in [5.74, 6) is -0.190. The molecule has 9 heteroatoms. The van der Waals surface area contributed by atoms with E-state index in [0.29, 0.717) is 36.7 Å². The first-order chi connectivity index (χ1) is 15.7. The van der Waals surface area contributed by atoms with E-state index in [1.165, 1.54) is 35.7 Å². The van der Waals surface area contributed by atoms with Gasteiger partial charge in [0.1, 0.15) is 5.56 Å². The number of carbonyl (C=O) groups is 1. The molecule has 0 spiro atoms. The number of nitrogens with one attached hydrogen (secondary N) is 2. The number of H-pyrrole nitrogens is 1. The Hall–Kier alpha value is -3.17. The van der Waals surface area contributed by atoms with Crippen molar-refractivity contribution in [2.45, 2.75) is 31.1 Å². The highest BCUT2D eigenvalue weighted by atomic mass is 32.2. The van der Waals surface area contributed by atoms with Crippen molar-refractivity contribution >= 4 is 32.5 Å². The molecule has 0 bridgehead atoms. The normalized spacial score (nSPS) is 11.7. The van der Waals surface area contributed by atoms with E-state index >= 15 is 0 Å². The third-order valence-corrected chi connectivity index (χ3v) is 7.27. The van der Waals surface area contributed by atoms with Crippen LogP contribution in [0.3, 0.4) is 0 Å². The number of ether oxygens (including phenoxy) is 1. The first-order valence-electron chi connectivity index (χ1n) is 10.7. The van der Waals surface area contributed by atoms with Crippen LogP contribution in [-0.4, -0.2) is 46.6 Å². The van der Waals surface area contributed by atoms with Gasteiger partial charge in [-0.05, 0) is 48.2 Å². The number of hydrogen-bond acceptors (Lipinski definition) is 5. The van der Waals surface area contributed by atoms with E-state index in [1.54, 1.807) is 19.2 Å². The van der Waals surface area contributed by atoms with Crippen molar-refractivity contribution in [3.63, 3.8) is 0 Å². The monoisotopic (exact) mass is 471 g/mol. The number of sulfonamides is 1. The summed E-state index contributed by atoms with van der Waals surface area (Å²) in [5, 5.41) is 2.80. The molecule has 0 aliphatic rings. The van der Waals surface area contributed by atoms with Gasteiger partial charge >= 0.3 is 0 Å². The second kappa shape index (κ2) is 10.2. The number of pyridine rings is 1. The standard InChI is InChI=1S/C24H29N3O5S/c1-16(2)17-6-8-18(9-7-17)27(3)33(30,31)19-10-11-22-20(14-19)23(28)21(15-26-22)24(29)25-12-5-13-32-4/h6-11,14-16H,5,12-13H2,1-4H3,(H,25,29)(H,26,28). The Labute approximate surface area is 193 Å². The third kappa shape index (κ3) is 5.26. The van der Waals surface area contributed by atoms with Crippen molar-refractivity contribution in [3.05, 3.63) is 70.0 Å². The fourth-order valence-electron chi connectivity index (χ4n) is 3.41. The number of aromatic amines is 1. The smallest absolute Gasteiger partial charge is 0.264 e. The van der Waals surface area contributed by atoms with Crippen LogP contribution in [0.2, 0.25) is 0 Å². The lowest BCUT2D eigenvalue weighted by Gasteiger charge is -2.20. The van der Waals surface area contributed by atoms with Gasteiger partial charge in [0.2, 0.25) is 5.43 Å². The van der Waals surface area contributed by atoms with E-state index in [0.717, 1.165) is 5.56 Å². The van der Waals surface area contributed by atoms with Gasteiger partial charge in [-0.2, -0.15) is 0 Å². The van der Waals surface area contributed by atoms with Gasteiger partial charge < -0.3 is 15.0 Å². The van der Waals surface area contributed by atoms with Gasteiger partial charge in [0.05, 0.1) is 10.6 Å². The Bertz CT molecular complexity index is 1300. The van der Waals surface area contributed by atoms with Crippen LogP contribution in [-0.2, 0) is 14.8 Å². The summed E-state index contributed by atoms with van der Waals surface area (Å²) in [5.41, 5.74) is 1.45. The summed E-state index contributed by atoms with van der Waals surface area (Å²) in [4.78, 5) is 28.3. The number of rotatable bonds is 9. The van der Waals surface area contributed by atoms with Gasteiger partial charge in [-0.25, -0.2) is 8.42 Å². The maximum atomic E-state index is 13.3. The second-order valence-corrected chi connectivity index (χ2v) is 10.0. The summed E-state index contributed by atoms with van der Waals surface area (Å²) in [6.07, 6.45) is 1.95. The lowest BCUT2D eigenvalue weighted by Crippen LogP contribution is -2.30. The number of aromatic nitrogens is 1. The Morgan fingerprint density at radius 3 is 2.48 bits per heavy atom. The van der Waals surface area contributed by atoms with Gasteiger partial charge in [-0.1, -0.05) is 26.0 Å². The summed E-state index contributed by atoms with van der Waals surface area (Å²) < 4.78 is 32.6. The molecule has 0 saturated heterocycles. The van der Waals surface area contributed by atoms with E-state index in [9.17, 15) is 18.0 Å². The van der Waals surface area contributed by atoms with Crippen LogP contribution in [0.1, 0.15) is 42.1 Å². The van der Waals surface area contributed by atoms with Crippen LogP contribution in [0.15, 0.2) is 58.4 Å². The molecule has 0 aliphatic heterocycles. The molecule has 8 nitrogen and oxygen atoms in total. The Morgan fingerprint density at radius 2 is 1.85 bits per heavy atom. The SMILES string of the molecule is COCCCNC(=O)c1c[nH]c2ccc(S(=O)(=O)N(C)c3ccc(C(C)C)cc3)cc2c1=O. The first-order valence-corrected chi connectivity index (χ1v) is 12.1. The molecule has 0 aliphatic carbocycles. The first kappa shape index (κ1) is 24.5. The minimum absolute atomic E-state index is 0.0337. The predicted molar refractivity (Wildman–Crippen MR) is 130 cm³/mol. The van der Waals surface area contributed by atoms with Gasteiger partial charge in [0.15, 0.2) is 0 Å². The molecule has 2 aromatic carbocycles. The summed E-state index contributed by atoms with van der Waals surface area (Å²) in [7, 11) is -0.882. The molecular weight excluding hydrogens is 442 g/mol. The average molecular weight is 472 g/mol. The number of carbonyl (C=O) groups excluding carboxylic acids is 1. The zero-order chi connectivity index (χ0) is 24.2. The lowest BCUT2D eigenvalue weighted by molar-refractivity contribution is 0.0947. The van der Waals surface area contributed by atoms with Crippen LogP contribution in [0, 0.1) is 0 Å². The number of fused-ring (bicyclic) bond motifs is 1. The molecule has 0 radical (unpaired) electrons. The number of methoxy groups -OCH3 is 1. The second-order valence-electron chi connectivity index (χ2n) is 8.06. The molecule has 3 rings (SSSR count). The van der Waals surface area contributed by atoms with E-state index in [-0.39, 0.29) is 15.8 Å². The van der Waals surface area contributed by atoms with E-state index in [4.69, 9.17) is 4.74 Å². The fraction of sp³-hybridized carbons (Fsp3) is 0.333. The molecule has 1 amide bonds. The largest absolute Gasteiger partial charge is 0.385 e. The van der Waals surface area contributed by atoms with Crippen molar-refractivity contribution in [1.82, 2.24) is 10.3 Å². The molecule has 0 atom stereocenters. The highest BCUT2D eigenvalue weighted by molar-refractivity contribution is 7.92. The maximum absolute atomic E-state index is 13.3. The predicted octanol–water partition coefficient (Wildman–Crippen LogP) is 3.24. The third-order valence-electron chi connectivity index (χ3n) is 5.49. The van der Waals surface area contributed by atoms with Crippen LogP contribution in [0.25, 0.3) is 10.9 Å². The van der Waals surface area contributed by atoms with Gasteiger partial charge in [0.25, 0.3) is 15.9 Å². The molecule has 0 fully saturated rings. The molecule has 0 unspecified atom stereocenters. The highest BCUT2D eigenvalue weighted by Crippen LogP contribution is 2.25.